The molecule has 1 aliphatic carbocycles. The maximum atomic E-state index is 13.3. The van der Waals surface area contributed by atoms with Crippen molar-refractivity contribution in [2.45, 2.75) is 31.7 Å². The lowest BCUT2D eigenvalue weighted by Gasteiger charge is -2.35. The van der Waals surface area contributed by atoms with Crippen LogP contribution in [-0.4, -0.2) is 35.8 Å². The SMILES string of the molecule is NC(=O)C1(C(=O)N2CCCC(Nc3ccc(F)c(F)c3)C2)CC1. The van der Waals surface area contributed by atoms with E-state index < -0.39 is 23.0 Å². The first-order valence-electron chi connectivity index (χ1n) is 7.73. The summed E-state index contributed by atoms with van der Waals surface area (Å²) in [6.45, 7) is 1.01. The standard InChI is InChI=1S/C16H19F2N3O2/c17-12-4-3-10(8-13(12)18)20-11-2-1-7-21(9-11)15(23)16(5-6-16)14(19)22/h3-4,8,11,20H,1-2,5-7,9H2,(H2,19,22). The van der Waals surface area contributed by atoms with E-state index in [1.807, 2.05) is 0 Å². The van der Waals surface area contributed by atoms with Gasteiger partial charge in [-0.3, -0.25) is 9.59 Å². The second-order valence-electron chi connectivity index (χ2n) is 6.31. The van der Waals surface area contributed by atoms with Crippen LogP contribution in [0.15, 0.2) is 18.2 Å². The minimum atomic E-state index is -1.01. The molecule has 3 N–H and O–H groups in total. The third-order valence-electron chi connectivity index (χ3n) is 4.63. The Kier molecular flexibility index (Phi) is 3.95. The minimum absolute atomic E-state index is 0.0683. The maximum Gasteiger partial charge on any atom is 0.238 e. The van der Waals surface area contributed by atoms with Crippen LogP contribution in [0.3, 0.4) is 0 Å². The summed E-state index contributed by atoms with van der Waals surface area (Å²) >= 11 is 0. The number of halogens is 2. The van der Waals surface area contributed by atoms with Crippen LogP contribution in [-0.2, 0) is 9.59 Å². The van der Waals surface area contributed by atoms with Crippen LogP contribution in [0.2, 0.25) is 0 Å². The quantitative estimate of drug-likeness (QED) is 0.827. The normalized spacial score (nSPS) is 22.5. The average Bonchev–Trinajstić information content (AvgIpc) is 3.32. The van der Waals surface area contributed by atoms with Crippen LogP contribution in [0.5, 0.6) is 0 Å². The van der Waals surface area contributed by atoms with Gasteiger partial charge >= 0.3 is 0 Å². The van der Waals surface area contributed by atoms with Crippen LogP contribution in [0.1, 0.15) is 25.7 Å². The van der Waals surface area contributed by atoms with Crippen molar-refractivity contribution < 1.29 is 18.4 Å². The van der Waals surface area contributed by atoms with Gasteiger partial charge in [0.1, 0.15) is 5.41 Å². The van der Waals surface area contributed by atoms with Crippen LogP contribution in [0.25, 0.3) is 0 Å². The van der Waals surface area contributed by atoms with E-state index >= 15 is 0 Å². The van der Waals surface area contributed by atoms with E-state index in [2.05, 4.69) is 5.32 Å². The molecule has 7 heteroatoms. The summed E-state index contributed by atoms with van der Waals surface area (Å²) in [6.07, 6.45) is 2.62. The summed E-state index contributed by atoms with van der Waals surface area (Å²) in [4.78, 5) is 25.7. The van der Waals surface area contributed by atoms with Gasteiger partial charge in [-0.2, -0.15) is 0 Å². The number of carbonyl (C=O) groups excluding carboxylic acids is 2. The molecule has 1 heterocycles. The number of hydrogen-bond acceptors (Lipinski definition) is 3. The van der Waals surface area contributed by atoms with Gasteiger partial charge in [-0.1, -0.05) is 0 Å². The zero-order chi connectivity index (χ0) is 16.6. The van der Waals surface area contributed by atoms with Crippen molar-refractivity contribution >= 4 is 17.5 Å². The zero-order valence-electron chi connectivity index (χ0n) is 12.6. The van der Waals surface area contributed by atoms with Crippen molar-refractivity contribution in [2.75, 3.05) is 18.4 Å². The molecule has 0 aromatic heterocycles. The third-order valence-corrected chi connectivity index (χ3v) is 4.63. The number of nitrogens with one attached hydrogen (secondary N) is 1. The third kappa shape index (κ3) is 3.00. The van der Waals surface area contributed by atoms with Crippen molar-refractivity contribution in [1.82, 2.24) is 4.90 Å². The van der Waals surface area contributed by atoms with Crippen molar-refractivity contribution in [3.05, 3.63) is 29.8 Å². The molecule has 2 fully saturated rings. The number of likely N-dealkylation sites (tertiary alicyclic amines) is 1. The monoisotopic (exact) mass is 323 g/mol. The Morgan fingerprint density at radius 1 is 1.26 bits per heavy atom. The second-order valence-corrected chi connectivity index (χ2v) is 6.31. The fourth-order valence-corrected chi connectivity index (χ4v) is 3.09. The molecule has 1 unspecified atom stereocenters. The highest BCUT2D eigenvalue weighted by molar-refractivity contribution is 6.07. The van der Waals surface area contributed by atoms with E-state index in [1.165, 1.54) is 6.07 Å². The van der Waals surface area contributed by atoms with Crippen LogP contribution < -0.4 is 11.1 Å². The molecule has 0 bridgehead atoms. The summed E-state index contributed by atoms with van der Waals surface area (Å²) in [5.41, 5.74) is 4.81. The first-order valence-corrected chi connectivity index (χ1v) is 7.73. The highest BCUT2D eigenvalue weighted by Gasteiger charge is 2.57. The Morgan fingerprint density at radius 3 is 2.61 bits per heavy atom. The van der Waals surface area contributed by atoms with Gasteiger partial charge < -0.3 is 16.0 Å². The Bertz CT molecular complexity index is 646. The molecule has 0 spiro atoms. The van der Waals surface area contributed by atoms with E-state index in [9.17, 15) is 18.4 Å². The Morgan fingerprint density at radius 2 is 2.00 bits per heavy atom. The highest BCUT2D eigenvalue weighted by atomic mass is 19.2. The van der Waals surface area contributed by atoms with Gasteiger partial charge in [0.15, 0.2) is 11.6 Å². The van der Waals surface area contributed by atoms with Gasteiger partial charge in [-0.15, -0.1) is 0 Å². The number of anilines is 1. The van der Waals surface area contributed by atoms with Gasteiger partial charge in [0, 0.05) is 30.9 Å². The molecule has 1 aromatic rings. The minimum Gasteiger partial charge on any atom is -0.380 e. The first-order chi connectivity index (χ1) is 10.9. The smallest absolute Gasteiger partial charge is 0.238 e. The molecule has 124 valence electrons. The summed E-state index contributed by atoms with van der Waals surface area (Å²) in [5.74, 6) is -2.57. The van der Waals surface area contributed by atoms with Crippen LogP contribution in [0.4, 0.5) is 14.5 Å². The molecule has 2 aliphatic rings. The number of hydrogen-bond donors (Lipinski definition) is 2. The fourth-order valence-electron chi connectivity index (χ4n) is 3.09. The number of rotatable bonds is 4. The molecular weight excluding hydrogens is 304 g/mol. The highest BCUT2D eigenvalue weighted by Crippen LogP contribution is 2.47. The lowest BCUT2D eigenvalue weighted by Crippen LogP contribution is -2.50. The molecule has 3 rings (SSSR count). The van der Waals surface area contributed by atoms with Gasteiger partial charge in [0.25, 0.3) is 0 Å². The summed E-state index contributed by atoms with van der Waals surface area (Å²) in [5, 5.41) is 3.12. The lowest BCUT2D eigenvalue weighted by atomic mass is 10.00. The first kappa shape index (κ1) is 15.7. The number of nitrogens with two attached hydrogens (primary N) is 1. The zero-order valence-corrected chi connectivity index (χ0v) is 12.6. The van der Waals surface area contributed by atoms with Crippen molar-refractivity contribution in [3.63, 3.8) is 0 Å². The molecule has 1 atom stereocenters. The van der Waals surface area contributed by atoms with E-state index in [0.717, 1.165) is 25.0 Å². The average molecular weight is 323 g/mol. The van der Waals surface area contributed by atoms with Gasteiger partial charge in [-0.05, 0) is 37.8 Å². The number of benzene rings is 1. The van der Waals surface area contributed by atoms with Crippen LogP contribution >= 0.6 is 0 Å². The molecule has 1 saturated carbocycles. The van der Waals surface area contributed by atoms with Crippen LogP contribution in [0, 0.1) is 17.0 Å². The maximum absolute atomic E-state index is 13.3. The molecule has 1 saturated heterocycles. The summed E-state index contributed by atoms with van der Waals surface area (Å²) in [7, 11) is 0. The summed E-state index contributed by atoms with van der Waals surface area (Å²) in [6, 6.07) is 3.56. The lowest BCUT2D eigenvalue weighted by molar-refractivity contribution is -0.143. The van der Waals surface area contributed by atoms with Crippen molar-refractivity contribution in [3.8, 4) is 0 Å². The number of piperidine rings is 1. The Labute approximate surface area is 132 Å². The largest absolute Gasteiger partial charge is 0.380 e. The Hall–Kier alpha value is -2.18. The molecular formula is C16H19F2N3O2. The van der Waals surface area contributed by atoms with Crippen molar-refractivity contribution in [2.24, 2.45) is 11.1 Å². The van der Waals surface area contributed by atoms with Gasteiger partial charge in [0.2, 0.25) is 11.8 Å². The Balaban J connectivity index is 1.65. The van der Waals surface area contributed by atoms with Crippen molar-refractivity contribution in [1.29, 1.82) is 0 Å². The topological polar surface area (TPSA) is 75.4 Å². The summed E-state index contributed by atoms with van der Waals surface area (Å²) < 4.78 is 26.2. The second kappa shape index (κ2) is 5.79. The van der Waals surface area contributed by atoms with E-state index in [4.69, 9.17) is 5.73 Å². The molecule has 1 aliphatic heterocycles. The van der Waals surface area contributed by atoms with Gasteiger partial charge in [-0.25, -0.2) is 8.78 Å². The fraction of sp³-hybridized carbons (Fsp3) is 0.500. The van der Waals surface area contributed by atoms with E-state index in [1.54, 1.807) is 4.90 Å². The van der Waals surface area contributed by atoms with Gasteiger partial charge in [0.05, 0.1) is 0 Å². The molecule has 0 radical (unpaired) electrons. The number of nitrogens with zero attached hydrogens (tertiary/aromatic N) is 1. The molecule has 1 aromatic carbocycles. The molecule has 23 heavy (non-hydrogen) atoms. The molecule has 5 nitrogen and oxygen atoms in total. The number of carbonyl (C=O) groups is 2. The number of amides is 2. The number of primary amides is 1. The molecule has 2 amide bonds. The predicted molar refractivity (Wildman–Crippen MR) is 80.4 cm³/mol. The predicted octanol–water partition coefficient (Wildman–Crippen LogP) is 1.63. The van der Waals surface area contributed by atoms with E-state index in [-0.39, 0.29) is 11.9 Å². The van der Waals surface area contributed by atoms with E-state index in [0.29, 0.717) is 31.6 Å².